The van der Waals surface area contributed by atoms with E-state index in [2.05, 4.69) is 6.92 Å². The van der Waals surface area contributed by atoms with Crippen molar-refractivity contribution >= 4 is 5.78 Å². The molecule has 1 fully saturated rings. The molecule has 1 aromatic rings. The van der Waals surface area contributed by atoms with Gasteiger partial charge in [-0.25, -0.2) is 4.39 Å². The maximum absolute atomic E-state index is 13.4. The molecule has 0 saturated heterocycles. The summed E-state index contributed by atoms with van der Waals surface area (Å²) in [6.45, 7) is 2.42. The van der Waals surface area contributed by atoms with E-state index in [1.54, 1.807) is 18.2 Å². The molecule has 1 aromatic carbocycles. The number of likely N-dealkylation sites (N-methyl/N-ethyl adjacent to an activating group) is 1. The number of halogens is 1. The van der Waals surface area contributed by atoms with Gasteiger partial charge in [0.2, 0.25) is 0 Å². The van der Waals surface area contributed by atoms with Crippen molar-refractivity contribution in [1.29, 1.82) is 0 Å². The van der Waals surface area contributed by atoms with Crippen LogP contribution in [0.3, 0.4) is 0 Å². The lowest BCUT2D eigenvalue weighted by atomic mass is 10.1. The van der Waals surface area contributed by atoms with Crippen LogP contribution in [0.4, 0.5) is 4.39 Å². The molecule has 1 atom stereocenters. The number of benzene rings is 1. The molecule has 1 aliphatic rings. The van der Waals surface area contributed by atoms with Crippen molar-refractivity contribution in [2.24, 2.45) is 5.92 Å². The zero-order valence-electron chi connectivity index (χ0n) is 10.3. The molecule has 1 unspecified atom stereocenters. The van der Waals surface area contributed by atoms with Crippen LogP contribution in [-0.2, 0) is 0 Å². The highest BCUT2D eigenvalue weighted by Crippen LogP contribution is 2.34. The molecule has 0 heterocycles. The zero-order valence-corrected chi connectivity index (χ0v) is 10.3. The van der Waals surface area contributed by atoms with Gasteiger partial charge in [0.15, 0.2) is 5.78 Å². The lowest BCUT2D eigenvalue weighted by Crippen LogP contribution is -2.35. The number of hydrogen-bond acceptors (Lipinski definition) is 2. The largest absolute Gasteiger partial charge is 0.296 e. The Labute approximate surface area is 101 Å². The molecule has 2 rings (SSSR count). The number of rotatable bonds is 5. The van der Waals surface area contributed by atoms with Crippen LogP contribution in [0.2, 0.25) is 0 Å². The summed E-state index contributed by atoms with van der Waals surface area (Å²) >= 11 is 0. The highest BCUT2D eigenvalue weighted by atomic mass is 19.1. The molecule has 0 aliphatic heterocycles. The zero-order chi connectivity index (χ0) is 12.4. The summed E-state index contributed by atoms with van der Waals surface area (Å²) in [5.41, 5.74) is 0.197. The standard InChI is InChI=1S/C14H18FNO/c1-10(11-7-8-11)16(2)9-14(17)12-5-3-4-6-13(12)15/h3-6,10-11H,7-9H2,1-2H3. The second-order valence-corrected chi connectivity index (χ2v) is 4.90. The van der Waals surface area contributed by atoms with Gasteiger partial charge in [-0.2, -0.15) is 0 Å². The van der Waals surface area contributed by atoms with Crippen molar-refractivity contribution in [3.05, 3.63) is 35.6 Å². The Hall–Kier alpha value is -1.22. The van der Waals surface area contributed by atoms with Gasteiger partial charge in [0.25, 0.3) is 0 Å². The highest BCUT2D eigenvalue weighted by Gasteiger charge is 2.31. The average molecular weight is 235 g/mol. The lowest BCUT2D eigenvalue weighted by Gasteiger charge is -2.23. The summed E-state index contributed by atoms with van der Waals surface area (Å²) in [6.07, 6.45) is 2.50. The van der Waals surface area contributed by atoms with Gasteiger partial charge < -0.3 is 0 Å². The van der Waals surface area contributed by atoms with E-state index >= 15 is 0 Å². The van der Waals surface area contributed by atoms with Crippen LogP contribution < -0.4 is 0 Å². The van der Waals surface area contributed by atoms with Crippen molar-refractivity contribution in [3.8, 4) is 0 Å². The first-order valence-electron chi connectivity index (χ1n) is 6.07. The number of carbonyl (C=O) groups is 1. The van der Waals surface area contributed by atoms with Crippen LogP contribution in [0.5, 0.6) is 0 Å². The fourth-order valence-corrected chi connectivity index (χ4v) is 2.08. The predicted octanol–water partition coefficient (Wildman–Crippen LogP) is 2.74. The molecule has 3 heteroatoms. The van der Waals surface area contributed by atoms with Gasteiger partial charge in [0.1, 0.15) is 5.82 Å². The summed E-state index contributed by atoms with van der Waals surface area (Å²) in [7, 11) is 1.93. The highest BCUT2D eigenvalue weighted by molar-refractivity contribution is 5.97. The third kappa shape index (κ3) is 2.91. The quantitative estimate of drug-likeness (QED) is 0.731. The first kappa shape index (κ1) is 12.2. The van der Waals surface area contributed by atoms with E-state index in [9.17, 15) is 9.18 Å². The van der Waals surface area contributed by atoms with Gasteiger partial charge in [-0.05, 0) is 44.9 Å². The minimum atomic E-state index is -0.426. The van der Waals surface area contributed by atoms with Crippen molar-refractivity contribution in [1.82, 2.24) is 4.90 Å². The Morgan fingerprint density at radius 3 is 2.71 bits per heavy atom. The molecule has 0 aromatic heterocycles. The van der Waals surface area contributed by atoms with E-state index < -0.39 is 5.82 Å². The van der Waals surface area contributed by atoms with Crippen LogP contribution in [0.25, 0.3) is 0 Å². The smallest absolute Gasteiger partial charge is 0.179 e. The van der Waals surface area contributed by atoms with Crippen LogP contribution >= 0.6 is 0 Å². The summed E-state index contributed by atoms with van der Waals surface area (Å²) in [4.78, 5) is 14.0. The van der Waals surface area contributed by atoms with E-state index in [0.29, 0.717) is 18.5 Å². The Morgan fingerprint density at radius 2 is 2.12 bits per heavy atom. The van der Waals surface area contributed by atoms with Gasteiger partial charge in [-0.3, -0.25) is 9.69 Å². The molecular formula is C14H18FNO. The van der Waals surface area contributed by atoms with Crippen LogP contribution in [0, 0.1) is 11.7 Å². The van der Waals surface area contributed by atoms with Gasteiger partial charge in [0.05, 0.1) is 12.1 Å². The van der Waals surface area contributed by atoms with E-state index in [-0.39, 0.29) is 11.3 Å². The number of carbonyl (C=O) groups excluding carboxylic acids is 1. The number of nitrogens with zero attached hydrogens (tertiary/aromatic N) is 1. The Morgan fingerprint density at radius 1 is 1.47 bits per heavy atom. The van der Waals surface area contributed by atoms with E-state index in [1.165, 1.54) is 18.9 Å². The van der Waals surface area contributed by atoms with Crippen molar-refractivity contribution in [2.75, 3.05) is 13.6 Å². The average Bonchev–Trinajstić information content (AvgIpc) is 3.12. The van der Waals surface area contributed by atoms with Crippen molar-refractivity contribution in [2.45, 2.75) is 25.8 Å². The SMILES string of the molecule is CC(C1CC1)N(C)CC(=O)c1ccccc1F. The number of ketones is 1. The fraction of sp³-hybridized carbons (Fsp3) is 0.500. The molecule has 0 spiro atoms. The van der Waals surface area contributed by atoms with E-state index in [1.807, 2.05) is 11.9 Å². The molecule has 0 N–H and O–H groups in total. The minimum absolute atomic E-state index is 0.141. The third-order valence-electron chi connectivity index (χ3n) is 3.57. The summed E-state index contributed by atoms with van der Waals surface area (Å²) < 4.78 is 13.4. The molecule has 0 bridgehead atoms. The fourth-order valence-electron chi connectivity index (χ4n) is 2.08. The summed E-state index contributed by atoms with van der Waals surface area (Å²) in [5.74, 6) is 0.150. The number of Topliss-reactive ketones (excluding diaryl/α,β-unsaturated/α-hetero) is 1. The lowest BCUT2D eigenvalue weighted by molar-refractivity contribution is 0.0913. The van der Waals surface area contributed by atoms with Crippen LogP contribution in [0.15, 0.2) is 24.3 Å². The maximum Gasteiger partial charge on any atom is 0.179 e. The molecule has 1 saturated carbocycles. The van der Waals surface area contributed by atoms with E-state index in [4.69, 9.17) is 0 Å². The maximum atomic E-state index is 13.4. The normalized spacial score (nSPS) is 17.2. The first-order valence-corrected chi connectivity index (χ1v) is 6.07. The van der Waals surface area contributed by atoms with Crippen molar-refractivity contribution < 1.29 is 9.18 Å². The van der Waals surface area contributed by atoms with Crippen LogP contribution in [-0.4, -0.2) is 30.3 Å². The molecule has 1 aliphatic carbocycles. The monoisotopic (exact) mass is 235 g/mol. The number of hydrogen-bond donors (Lipinski definition) is 0. The predicted molar refractivity (Wildman–Crippen MR) is 65.5 cm³/mol. The second-order valence-electron chi connectivity index (χ2n) is 4.90. The molecule has 0 radical (unpaired) electrons. The molecular weight excluding hydrogens is 217 g/mol. The Bertz CT molecular complexity index is 414. The Balaban J connectivity index is 1.99. The second kappa shape index (κ2) is 4.96. The van der Waals surface area contributed by atoms with Gasteiger partial charge in [0, 0.05) is 6.04 Å². The van der Waals surface area contributed by atoms with E-state index in [0.717, 1.165) is 0 Å². The van der Waals surface area contributed by atoms with Gasteiger partial charge in [-0.15, -0.1) is 0 Å². The summed E-state index contributed by atoms with van der Waals surface area (Å²) in [6, 6.07) is 6.58. The molecule has 2 nitrogen and oxygen atoms in total. The summed E-state index contributed by atoms with van der Waals surface area (Å²) in [5, 5.41) is 0. The topological polar surface area (TPSA) is 20.3 Å². The Kier molecular flexibility index (Phi) is 3.57. The molecule has 0 amide bonds. The molecule has 92 valence electrons. The third-order valence-corrected chi connectivity index (χ3v) is 3.57. The van der Waals surface area contributed by atoms with Crippen LogP contribution in [0.1, 0.15) is 30.1 Å². The first-order chi connectivity index (χ1) is 8.09. The van der Waals surface area contributed by atoms with Gasteiger partial charge >= 0.3 is 0 Å². The molecule has 17 heavy (non-hydrogen) atoms. The van der Waals surface area contributed by atoms with Crippen molar-refractivity contribution in [3.63, 3.8) is 0 Å². The van der Waals surface area contributed by atoms with Gasteiger partial charge in [-0.1, -0.05) is 12.1 Å². The minimum Gasteiger partial charge on any atom is -0.296 e.